The summed E-state index contributed by atoms with van der Waals surface area (Å²) in [4.78, 5) is 29.3. The highest BCUT2D eigenvalue weighted by Gasteiger charge is 2.40. The molecule has 3 aromatic rings. The van der Waals surface area contributed by atoms with Crippen molar-refractivity contribution in [2.45, 2.75) is 57.8 Å². The lowest BCUT2D eigenvalue weighted by Crippen LogP contribution is -2.37. The number of hydrogen-bond acceptors (Lipinski definition) is 7. The molecule has 0 bridgehead atoms. The van der Waals surface area contributed by atoms with Gasteiger partial charge in [0, 0.05) is 28.4 Å². The van der Waals surface area contributed by atoms with Gasteiger partial charge in [0.15, 0.2) is 0 Å². The van der Waals surface area contributed by atoms with Crippen molar-refractivity contribution in [1.82, 2.24) is 9.88 Å². The number of anilines is 1. The molecule has 214 valence electrons. The van der Waals surface area contributed by atoms with Crippen molar-refractivity contribution in [2.75, 3.05) is 25.0 Å². The molecular formula is C28H31BrF2N4O5. The molecular weight excluding hydrogens is 590 g/mol. The summed E-state index contributed by atoms with van der Waals surface area (Å²) in [6.07, 6.45) is 0.515. The molecule has 12 heteroatoms. The molecule has 2 atom stereocenters. The van der Waals surface area contributed by atoms with Gasteiger partial charge in [-0.15, -0.1) is 0 Å². The number of rotatable bonds is 9. The van der Waals surface area contributed by atoms with Crippen LogP contribution >= 0.6 is 15.9 Å². The van der Waals surface area contributed by atoms with Crippen LogP contribution in [0.1, 0.15) is 51.6 Å². The molecule has 1 aromatic heterocycles. The van der Waals surface area contributed by atoms with Crippen molar-refractivity contribution >= 4 is 44.3 Å². The molecule has 9 nitrogen and oxygen atoms in total. The van der Waals surface area contributed by atoms with E-state index in [4.69, 9.17) is 9.47 Å². The molecule has 0 unspecified atom stereocenters. The summed E-state index contributed by atoms with van der Waals surface area (Å²) in [5.41, 5.74) is 0.530. The number of likely N-dealkylation sites (tertiary alicyclic amines) is 1. The van der Waals surface area contributed by atoms with Crippen LogP contribution in [0.4, 0.5) is 25.0 Å². The van der Waals surface area contributed by atoms with E-state index >= 15 is 0 Å². The maximum Gasteiger partial charge on any atom is 0.410 e. The fourth-order valence-corrected chi connectivity index (χ4v) is 4.98. The van der Waals surface area contributed by atoms with Crippen LogP contribution in [0.2, 0.25) is 0 Å². The minimum Gasteiger partial charge on any atom is -0.493 e. The highest BCUT2D eigenvalue weighted by atomic mass is 79.9. The van der Waals surface area contributed by atoms with Crippen molar-refractivity contribution in [3.8, 4) is 5.75 Å². The number of nitrogens with zero attached hydrogens (tertiary/aromatic N) is 3. The zero-order valence-corrected chi connectivity index (χ0v) is 24.0. The monoisotopic (exact) mass is 620 g/mol. The lowest BCUT2D eigenvalue weighted by molar-refractivity contribution is -0.384. The number of unbranched alkanes of at least 4 members (excludes halogenated alkanes) is 1. The van der Waals surface area contributed by atoms with Crippen molar-refractivity contribution in [1.29, 1.82) is 0 Å². The molecule has 4 rings (SSSR count). The zero-order chi connectivity index (χ0) is 29.0. The maximum absolute atomic E-state index is 14.4. The number of amides is 1. The van der Waals surface area contributed by atoms with Crippen LogP contribution in [0, 0.1) is 15.9 Å². The van der Waals surface area contributed by atoms with Gasteiger partial charge in [0.1, 0.15) is 35.2 Å². The molecule has 0 saturated carbocycles. The minimum atomic E-state index is -1.27. The van der Waals surface area contributed by atoms with Crippen LogP contribution in [0.5, 0.6) is 5.75 Å². The molecule has 1 aliphatic rings. The van der Waals surface area contributed by atoms with Crippen LogP contribution in [0.15, 0.2) is 47.1 Å². The molecule has 40 heavy (non-hydrogen) atoms. The first-order chi connectivity index (χ1) is 18.9. The molecule has 0 spiro atoms. The van der Waals surface area contributed by atoms with Crippen LogP contribution in [-0.2, 0) is 4.74 Å². The average molecular weight is 621 g/mol. The lowest BCUT2D eigenvalue weighted by atomic mass is 10.0. The summed E-state index contributed by atoms with van der Waals surface area (Å²) in [6, 6.07) is 8.65. The number of aromatic nitrogens is 1. The summed E-state index contributed by atoms with van der Waals surface area (Å²) in [5, 5.41) is 15.4. The summed E-state index contributed by atoms with van der Waals surface area (Å²) < 4.78 is 40.8. The van der Waals surface area contributed by atoms with E-state index in [2.05, 4.69) is 26.2 Å². The highest BCUT2D eigenvalue weighted by molar-refractivity contribution is 9.10. The smallest absolute Gasteiger partial charge is 0.410 e. The molecule has 1 N–H and O–H groups in total. The number of halogens is 3. The highest BCUT2D eigenvalue weighted by Crippen LogP contribution is 2.39. The second-order valence-electron chi connectivity index (χ2n) is 10.6. The second-order valence-corrected chi connectivity index (χ2v) is 11.5. The largest absolute Gasteiger partial charge is 0.493 e. The number of alkyl halides is 1. The molecule has 1 aliphatic heterocycles. The molecule has 2 heterocycles. The minimum absolute atomic E-state index is 0.0117. The number of carbonyl (C=O) groups is 1. The Hall–Kier alpha value is -3.54. The Labute approximate surface area is 239 Å². The number of benzene rings is 2. The van der Waals surface area contributed by atoms with Gasteiger partial charge in [0.05, 0.1) is 29.6 Å². The van der Waals surface area contributed by atoms with E-state index in [1.54, 1.807) is 32.9 Å². The Kier molecular flexibility index (Phi) is 9.07. The predicted molar refractivity (Wildman–Crippen MR) is 151 cm³/mol. The normalized spacial score (nSPS) is 17.2. The van der Waals surface area contributed by atoms with Gasteiger partial charge in [-0.05, 0) is 70.0 Å². The van der Waals surface area contributed by atoms with Crippen LogP contribution in [-0.4, -0.2) is 52.4 Å². The first kappa shape index (κ1) is 29.4. The Morgan fingerprint density at radius 3 is 2.75 bits per heavy atom. The SMILES string of the molecule is CC(C)(C)OC(=O)N1C[C@@H](F)C[C@@H]1c1cc(F)ccc1OCCCCNc1c([N+](=O)[O-])cnc2ccc(Br)cc12. The third-order valence-electron chi connectivity index (χ3n) is 6.35. The number of carbonyl (C=O) groups excluding carboxylic acids is 1. The fourth-order valence-electron chi connectivity index (χ4n) is 4.61. The summed E-state index contributed by atoms with van der Waals surface area (Å²) >= 11 is 3.40. The summed E-state index contributed by atoms with van der Waals surface area (Å²) in [5.74, 6) is -0.154. The van der Waals surface area contributed by atoms with E-state index in [0.717, 1.165) is 4.47 Å². The van der Waals surface area contributed by atoms with E-state index < -0.39 is 34.6 Å². The van der Waals surface area contributed by atoms with Gasteiger partial charge in [-0.3, -0.25) is 15.0 Å². The third kappa shape index (κ3) is 7.15. The van der Waals surface area contributed by atoms with Crippen LogP contribution in [0.3, 0.4) is 0 Å². The van der Waals surface area contributed by atoms with Crippen molar-refractivity contribution in [2.24, 2.45) is 0 Å². The van der Waals surface area contributed by atoms with E-state index in [0.29, 0.717) is 47.3 Å². The Morgan fingerprint density at radius 2 is 2.02 bits per heavy atom. The van der Waals surface area contributed by atoms with Crippen molar-refractivity contribution in [3.05, 3.63) is 68.6 Å². The number of ether oxygens (including phenoxy) is 2. The lowest BCUT2D eigenvalue weighted by Gasteiger charge is -2.29. The van der Waals surface area contributed by atoms with Gasteiger partial charge < -0.3 is 14.8 Å². The molecule has 0 radical (unpaired) electrons. The van der Waals surface area contributed by atoms with Crippen molar-refractivity contribution < 1.29 is 28.0 Å². The van der Waals surface area contributed by atoms with E-state index in [-0.39, 0.29) is 25.3 Å². The number of pyridine rings is 1. The first-order valence-electron chi connectivity index (χ1n) is 13.0. The van der Waals surface area contributed by atoms with Gasteiger partial charge in [0.2, 0.25) is 0 Å². The number of nitro groups is 1. The summed E-state index contributed by atoms with van der Waals surface area (Å²) in [7, 11) is 0. The number of hydrogen-bond donors (Lipinski definition) is 1. The second kappa shape index (κ2) is 12.3. The Morgan fingerprint density at radius 1 is 1.25 bits per heavy atom. The fraction of sp³-hybridized carbons (Fsp3) is 0.429. The van der Waals surface area contributed by atoms with E-state index in [1.165, 1.54) is 29.3 Å². The maximum atomic E-state index is 14.4. The van der Waals surface area contributed by atoms with Crippen molar-refractivity contribution in [3.63, 3.8) is 0 Å². The van der Waals surface area contributed by atoms with Gasteiger partial charge in [-0.2, -0.15) is 0 Å². The van der Waals surface area contributed by atoms with Crippen LogP contribution < -0.4 is 10.1 Å². The van der Waals surface area contributed by atoms with Gasteiger partial charge >= 0.3 is 11.8 Å². The van der Waals surface area contributed by atoms with E-state index in [9.17, 15) is 23.7 Å². The topological polar surface area (TPSA) is 107 Å². The molecule has 1 saturated heterocycles. The van der Waals surface area contributed by atoms with Gasteiger partial charge in [-0.1, -0.05) is 15.9 Å². The summed E-state index contributed by atoms with van der Waals surface area (Å²) in [6.45, 7) is 5.73. The molecule has 1 fully saturated rings. The quantitative estimate of drug-likeness (QED) is 0.151. The Bertz CT molecular complexity index is 1400. The average Bonchev–Trinajstić information content (AvgIpc) is 3.27. The number of fused-ring (bicyclic) bond motifs is 1. The standard InChI is InChI=1S/C28H31BrF2N4O5/c1-28(2,3)40-27(36)34-16-19(31)14-23(34)21-13-18(30)7-9-25(21)39-11-5-4-10-32-26-20-12-17(29)6-8-22(20)33-15-24(26)35(37)38/h6-9,12-13,15,19,23H,4-5,10-11,14,16H2,1-3H3,(H,32,33)/t19-,23+/m0/s1. The zero-order valence-electron chi connectivity index (χ0n) is 22.5. The van der Waals surface area contributed by atoms with Crippen LogP contribution in [0.25, 0.3) is 10.9 Å². The third-order valence-corrected chi connectivity index (χ3v) is 6.84. The molecule has 2 aromatic carbocycles. The number of nitrogens with one attached hydrogen (secondary N) is 1. The van der Waals surface area contributed by atoms with E-state index in [1.807, 2.05) is 6.07 Å². The van der Waals surface area contributed by atoms with Gasteiger partial charge in [-0.25, -0.2) is 18.6 Å². The molecule has 1 amide bonds. The first-order valence-corrected chi connectivity index (χ1v) is 13.7. The van der Waals surface area contributed by atoms with Gasteiger partial charge in [0.25, 0.3) is 0 Å². The Balaban J connectivity index is 1.39. The molecule has 0 aliphatic carbocycles. The predicted octanol–water partition coefficient (Wildman–Crippen LogP) is 7.34.